The van der Waals surface area contributed by atoms with Gasteiger partial charge >= 0.3 is 0 Å². The normalized spacial score (nSPS) is 12.7. The number of carbonyl (C=O) groups excluding carboxylic acids is 2. The van der Waals surface area contributed by atoms with Gasteiger partial charge in [0, 0.05) is 40.9 Å². The fourth-order valence-corrected chi connectivity index (χ4v) is 5.14. The van der Waals surface area contributed by atoms with E-state index in [1.807, 2.05) is 47.4 Å². The van der Waals surface area contributed by atoms with Crippen molar-refractivity contribution in [2.75, 3.05) is 25.2 Å². The first-order valence-electron chi connectivity index (χ1n) is 13.8. The van der Waals surface area contributed by atoms with Crippen LogP contribution in [-0.2, 0) is 0 Å². The minimum atomic E-state index is -0.393. The predicted molar refractivity (Wildman–Crippen MR) is 159 cm³/mol. The molecule has 0 bridgehead atoms. The molecule has 0 spiro atoms. The van der Waals surface area contributed by atoms with Crippen LogP contribution >= 0.6 is 0 Å². The maximum Gasteiger partial charge on any atom is 0.258 e. The largest absolute Gasteiger partial charge is 0.491 e. The van der Waals surface area contributed by atoms with Gasteiger partial charge in [0.25, 0.3) is 11.8 Å². The molecule has 8 heteroatoms. The van der Waals surface area contributed by atoms with E-state index in [0.717, 1.165) is 18.5 Å². The van der Waals surface area contributed by atoms with Crippen LogP contribution in [0.15, 0.2) is 95.4 Å². The molecule has 2 amide bonds. The van der Waals surface area contributed by atoms with Crippen molar-refractivity contribution in [3.63, 3.8) is 0 Å². The summed E-state index contributed by atoms with van der Waals surface area (Å²) in [5, 5.41) is 12.7. The highest BCUT2D eigenvalue weighted by atomic mass is 19.1. The summed E-state index contributed by atoms with van der Waals surface area (Å²) in [6.45, 7) is -0.100. The second kappa shape index (κ2) is 11.5. The Morgan fingerprint density at radius 3 is 2.40 bits per heavy atom. The number of rotatable bonds is 9. The molecule has 6 rings (SSSR count). The molecule has 1 fully saturated rings. The van der Waals surface area contributed by atoms with Crippen molar-refractivity contribution in [3.8, 4) is 28.2 Å². The number of carbonyl (C=O) groups is 2. The average Bonchev–Trinajstić information content (AvgIpc) is 3.79. The molecule has 1 saturated carbocycles. The monoisotopic (exact) mass is 564 g/mol. The summed E-state index contributed by atoms with van der Waals surface area (Å²) in [7, 11) is 1.54. The number of aliphatic hydroxyl groups is 1. The van der Waals surface area contributed by atoms with Crippen LogP contribution in [0, 0.1) is 5.82 Å². The number of halogens is 1. The van der Waals surface area contributed by atoms with Gasteiger partial charge in [0.05, 0.1) is 12.2 Å². The molecule has 42 heavy (non-hydrogen) atoms. The fraction of sp³-hybridized carbons (Fsp3) is 0.176. The minimum absolute atomic E-state index is 0.0741. The van der Waals surface area contributed by atoms with E-state index < -0.39 is 5.82 Å². The highest BCUT2D eigenvalue weighted by Crippen LogP contribution is 2.39. The summed E-state index contributed by atoms with van der Waals surface area (Å²) in [4.78, 5) is 28.8. The van der Waals surface area contributed by atoms with E-state index in [1.54, 1.807) is 36.4 Å². The smallest absolute Gasteiger partial charge is 0.258 e. The molecule has 0 radical (unpaired) electrons. The van der Waals surface area contributed by atoms with Gasteiger partial charge in [-0.2, -0.15) is 0 Å². The number of ether oxygens (including phenoxy) is 1. The van der Waals surface area contributed by atoms with Crippen LogP contribution in [0.3, 0.4) is 0 Å². The molecular formula is C34H29FN2O5. The van der Waals surface area contributed by atoms with Crippen molar-refractivity contribution in [3.05, 3.63) is 108 Å². The number of hydrogen-bond acceptors (Lipinski definition) is 5. The number of amides is 2. The fourth-order valence-electron chi connectivity index (χ4n) is 5.14. The number of fused-ring (bicyclic) bond motifs is 1. The maximum atomic E-state index is 13.9. The summed E-state index contributed by atoms with van der Waals surface area (Å²) in [6, 6.07) is 26.2. The molecule has 1 aliphatic carbocycles. The highest BCUT2D eigenvalue weighted by Gasteiger charge is 2.34. The number of benzene rings is 4. The van der Waals surface area contributed by atoms with E-state index in [9.17, 15) is 19.1 Å². The summed E-state index contributed by atoms with van der Waals surface area (Å²) < 4.78 is 25.6. The van der Waals surface area contributed by atoms with Crippen LogP contribution in [0.4, 0.5) is 10.1 Å². The summed E-state index contributed by atoms with van der Waals surface area (Å²) in [5.74, 6) is -0.0518. The van der Waals surface area contributed by atoms with E-state index in [-0.39, 0.29) is 31.1 Å². The number of nitrogens with one attached hydrogen (secondary N) is 1. The van der Waals surface area contributed by atoms with Gasteiger partial charge in [-0.15, -0.1) is 0 Å². The highest BCUT2D eigenvalue weighted by molar-refractivity contribution is 6.12. The van der Waals surface area contributed by atoms with Crippen molar-refractivity contribution in [2.24, 2.45) is 0 Å². The summed E-state index contributed by atoms with van der Waals surface area (Å²) >= 11 is 0. The first-order valence-corrected chi connectivity index (χ1v) is 13.8. The number of para-hydroxylation sites is 1. The Bertz CT molecular complexity index is 1760. The molecule has 4 aromatic carbocycles. The molecule has 0 atom stereocenters. The first kappa shape index (κ1) is 27.2. The van der Waals surface area contributed by atoms with Gasteiger partial charge in [-0.05, 0) is 85.1 Å². The lowest BCUT2D eigenvalue weighted by molar-refractivity contribution is 0.0962. The van der Waals surface area contributed by atoms with Crippen LogP contribution in [0.25, 0.3) is 33.4 Å². The van der Waals surface area contributed by atoms with Crippen molar-refractivity contribution in [2.45, 2.75) is 18.9 Å². The predicted octanol–water partition coefficient (Wildman–Crippen LogP) is 6.45. The Morgan fingerprint density at radius 1 is 0.976 bits per heavy atom. The molecular weight excluding hydrogens is 535 g/mol. The maximum absolute atomic E-state index is 13.9. The second-order valence-corrected chi connectivity index (χ2v) is 10.1. The van der Waals surface area contributed by atoms with Gasteiger partial charge in [0.15, 0.2) is 0 Å². The Morgan fingerprint density at radius 2 is 1.71 bits per heavy atom. The molecule has 1 heterocycles. The number of anilines is 1. The molecule has 1 aliphatic rings. The quantitative estimate of drug-likeness (QED) is 0.215. The zero-order valence-electron chi connectivity index (χ0n) is 23.0. The number of nitrogens with zero attached hydrogens (tertiary/aromatic N) is 1. The van der Waals surface area contributed by atoms with Crippen molar-refractivity contribution in [1.29, 1.82) is 0 Å². The molecule has 0 unspecified atom stereocenters. The van der Waals surface area contributed by atoms with Crippen LogP contribution < -0.4 is 15.0 Å². The first-order chi connectivity index (χ1) is 20.5. The van der Waals surface area contributed by atoms with E-state index >= 15 is 0 Å². The Hall–Kier alpha value is -4.95. The van der Waals surface area contributed by atoms with Crippen LogP contribution in [0.1, 0.15) is 33.6 Å². The van der Waals surface area contributed by atoms with Gasteiger partial charge in [0.1, 0.15) is 29.5 Å². The van der Waals surface area contributed by atoms with Gasteiger partial charge in [-0.3, -0.25) is 9.59 Å². The second-order valence-electron chi connectivity index (χ2n) is 10.1. The third kappa shape index (κ3) is 5.24. The lowest BCUT2D eigenvalue weighted by Crippen LogP contribution is -2.33. The van der Waals surface area contributed by atoms with Crippen LogP contribution in [0.2, 0.25) is 0 Å². The molecule has 0 saturated heterocycles. The van der Waals surface area contributed by atoms with Crippen LogP contribution in [-0.4, -0.2) is 43.2 Å². The van der Waals surface area contributed by atoms with Crippen molar-refractivity contribution < 1.29 is 28.2 Å². The molecule has 1 aromatic heterocycles. The third-order valence-corrected chi connectivity index (χ3v) is 7.30. The lowest BCUT2D eigenvalue weighted by atomic mass is 9.97. The van der Waals surface area contributed by atoms with Gasteiger partial charge in [-0.1, -0.05) is 24.3 Å². The molecule has 7 nitrogen and oxygen atoms in total. The van der Waals surface area contributed by atoms with E-state index in [0.29, 0.717) is 50.3 Å². The number of aliphatic hydroxyl groups excluding tert-OH is 1. The molecule has 212 valence electrons. The van der Waals surface area contributed by atoms with Gasteiger partial charge < -0.3 is 24.5 Å². The number of hydrogen-bond donors (Lipinski definition) is 2. The molecule has 0 aliphatic heterocycles. The standard InChI is InChI=1S/C34H29FN2O5/c1-36-33(39)31-28-19-22(9-16-30(28)42-32(31)21-7-11-24(35)12-8-21)27-20-23(10-15-29(27)41-18-17-38)34(40)37(26-13-14-26)25-5-3-2-4-6-25/h2-12,15-16,19-20,26,38H,13-14,17-18H2,1H3,(H,36,39). The van der Waals surface area contributed by atoms with Crippen LogP contribution in [0.5, 0.6) is 5.75 Å². The zero-order chi connectivity index (χ0) is 29.2. The third-order valence-electron chi connectivity index (χ3n) is 7.30. The van der Waals surface area contributed by atoms with E-state index in [4.69, 9.17) is 9.15 Å². The topological polar surface area (TPSA) is 92.0 Å². The minimum Gasteiger partial charge on any atom is -0.491 e. The summed E-state index contributed by atoms with van der Waals surface area (Å²) in [5.41, 5.74) is 4.01. The van der Waals surface area contributed by atoms with Crippen molar-refractivity contribution in [1.82, 2.24) is 5.32 Å². The Balaban J connectivity index is 1.47. The Kier molecular flexibility index (Phi) is 7.46. The Labute approximate surface area is 242 Å². The van der Waals surface area contributed by atoms with Gasteiger partial charge in [-0.25, -0.2) is 4.39 Å². The zero-order valence-corrected chi connectivity index (χ0v) is 23.0. The summed E-state index contributed by atoms with van der Waals surface area (Å²) in [6.07, 6.45) is 1.89. The molecule has 5 aromatic rings. The number of furan rings is 1. The SMILES string of the molecule is CNC(=O)c1c(-c2ccc(F)cc2)oc2ccc(-c3cc(C(=O)N(c4ccccc4)C4CC4)ccc3OCCO)cc12. The average molecular weight is 565 g/mol. The lowest BCUT2D eigenvalue weighted by Gasteiger charge is -2.23. The van der Waals surface area contributed by atoms with Crippen molar-refractivity contribution >= 4 is 28.5 Å². The van der Waals surface area contributed by atoms with E-state index in [2.05, 4.69) is 5.32 Å². The van der Waals surface area contributed by atoms with E-state index in [1.165, 1.54) is 19.2 Å². The molecule has 2 N–H and O–H groups in total. The van der Waals surface area contributed by atoms with Gasteiger partial charge in [0.2, 0.25) is 0 Å².